The van der Waals surface area contributed by atoms with Crippen molar-refractivity contribution in [2.45, 2.75) is 46.5 Å². The van der Waals surface area contributed by atoms with Crippen molar-refractivity contribution in [1.82, 2.24) is 4.90 Å². The molecule has 0 N–H and O–H groups in total. The van der Waals surface area contributed by atoms with Gasteiger partial charge in [0.25, 0.3) is 0 Å². The molecule has 1 heterocycles. The van der Waals surface area contributed by atoms with Crippen LogP contribution < -0.4 is 0 Å². The van der Waals surface area contributed by atoms with Crippen LogP contribution in [0.15, 0.2) is 0 Å². The van der Waals surface area contributed by atoms with Gasteiger partial charge in [0.15, 0.2) is 0 Å². The molecule has 0 aliphatic carbocycles. The molecule has 78 valence electrons. The Bertz CT molecular complexity index is 133. The minimum absolute atomic E-state index is 0.931. The maximum atomic E-state index is 2.64. The van der Waals surface area contributed by atoms with E-state index in [1.165, 1.54) is 45.3 Å². The molecule has 1 heteroatoms. The zero-order chi connectivity index (χ0) is 9.68. The van der Waals surface area contributed by atoms with E-state index in [-0.39, 0.29) is 0 Å². The summed E-state index contributed by atoms with van der Waals surface area (Å²) in [4.78, 5) is 2.64. The van der Waals surface area contributed by atoms with Gasteiger partial charge in [0.1, 0.15) is 0 Å². The number of hydrogen-bond donors (Lipinski definition) is 0. The minimum Gasteiger partial charge on any atom is -0.303 e. The minimum atomic E-state index is 0.931. The number of piperidine rings is 1. The largest absolute Gasteiger partial charge is 0.303 e. The van der Waals surface area contributed by atoms with Crippen molar-refractivity contribution in [2.24, 2.45) is 11.8 Å². The molecule has 1 saturated heterocycles. The summed E-state index contributed by atoms with van der Waals surface area (Å²) in [5.74, 6) is 1.94. The van der Waals surface area contributed by atoms with Crippen LogP contribution in [0.3, 0.4) is 0 Å². The fourth-order valence-electron chi connectivity index (χ4n) is 2.60. The van der Waals surface area contributed by atoms with E-state index in [2.05, 4.69) is 25.7 Å². The molecule has 0 aromatic carbocycles. The molecule has 0 bridgehead atoms. The molecule has 1 rings (SSSR count). The van der Waals surface area contributed by atoms with Gasteiger partial charge in [0, 0.05) is 6.54 Å². The third kappa shape index (κ3) is 3.30. The van der Waals surface area contributed by atoms with Crippen LogP contribution in [0, 0.1) is 11.8 Å². The second-order valence-electron chi connectivity index (χ2n) is 4.62. The summed E-state index contributed by atoms with van der Waals surface area (Å²) in [5.41, 5.74) is 0. The van der Waals surface area contributed by atoms with Gasteiger partial charge in [-0.3, -0.25) is 0 Å². The second-order valence-corrected chi connectivity index (χ2v) is 4.62. The lowest BCUT2D eigenvalue weighted by atomic mass is 9.84. The number of nitrogens with zero attached hydrogens (tertiary/aromatic N) is 1. The highest BCUT2D eigenvalue weighted by Crippen LogP contribution is 2.26. The van der Waals surface area contributed by atoms with Gasteiger partial charge >= 0.3 is 0 Å². The lowest BCUT2D eigenvalue weighted by Gasteiger charge is -2.36. The van der Waals surface area contributed by atoms with Crippen molar-refractivity contribution in [3.8, 4) is 0 Å². The highest BCUT2D eigenvalue weighted by molar-refractivity contribution is 4.77. The van der Waals surface area contributed by atoms with E-state index in [1.54, 1.807) is 0 Å². The average Bonchev–Trinajstić information content (AvgIpc) is 2.10. The quantitative estimate of drug-likeness (QED) is 0.647. The lowest BCUT2D eigenvalue weighted by Crippen LogP contribution is -2.39. The second kappa shape index (κ2) is 5.64. The smallest absolute Gasteiger partial charge is 0.000967 e. The Balaban J connectivity index is 2.28. The summed E-state index contributed by atoms with van der Waals surface area (Å²) in [5, 5.41) is 0. The first-order valence-corrected chi connectivity index (χ1v) is 6.00. The number of hydrogen-bond acceptors (Lipinski definition) is 1. The molecule has 0 amide bonds. The van der Waals surface area contributed by atoms with Crippen LogP contribution in [-0.4, -0.2) is 24.5 Å². The van der Waals surface area contributed by atoms with Crippen LogP contribution in [0.25, 0.3) is 0 Å². The van der Waals surface area contributed by atoms with Crippen molar-refractivity contribution in [3.63, 3.8) is 0 Å². The van der Waals surface area contributed by atoms with Crippen LogP contribution in [0.2, 0.25) is 0 Å². The van der Waals surface area contributed by atoms with E-state index >= 15 is 0 Å². The SMILES string of the molecule is CCCC1CCN(CCC)CC1C. The summed E-state index contributed by atoms with van der Waals surface area (Å²) in [7, 11) is 0. The summed E-state index contributed by atoms with van der Waals surface area (Å²) in [6.45, 7) is 11.0. The maximum Gasteiger partial charge on any atom is 0.000967 e. The van der Waals surface area contributed by atoms with E-state index in [4.69, 9.17) is 0 Å². The number of likely N-dealkylation sites (tertiary alicyclic amines) is 1. The van der Waals surface area contributed by atoms with Crippen molar-refractivity contribution in [1.29, 1.82) is 0 Å². The summed E-state index contributed by atoms with van der Waals surface area (Å²) < 4.78 is 0. The van der Waals surface area contributed by atoms with E-state index in [0.29, 0.717) is 0 Å². The predicted molar refractivity (Wildman–Crippen MR) is 58.9 cm³/mol. The van der Waals surface area contributed by atoms with E-state index in [1.807, 2.05) is 0 Å². The Morgan fingerprint density at radius 3 is 2.54 bits per heavy atom. The molecule has 0 spiro atoms. The fraction of sp³-hybridized carbons (Fsp3) is 1.00. The molecular weight excluding hydrogens is 158 g/mol. The van der Waals surface area contributed by atoms with Crippen molar-refractivity contribution in [2.75, 3.05) is 19.6 Å². The maximum absolute atomic E-state index is 2.64. The Labute approximate surface area is 83.5 Å². The molecule has 1 aliphatic heterocycles. The van der Waals surface area contributed by atoms with E-state index in [0.717, 1.165) is 11.8 Å². The normalized spacial score (nSPS) is 30.7. The standard InChI is InChI=1S/C12H25N/c1-4-6-12-7-9-13(8-5-2)10-11(12)3/h11-12H,4-10H2,1-3H3. The van der Waals surface area contributed by atoms with Gasteiger partial charge in [-0.15, -0.1) is 0 Å². The fourth-order valence-corrected chi connectivity index (χ4v) is 2.60. The van der Waals surface area contributed by atoms with Crippen LogP contribution in [0.1, 0.15) is 46.5 Å². The Hall–Kier alpha value is -0.0400. The molecule has 2 unspecified atom stereocenters. The van der Waals surface area contributed by atoms with Gasteiger partial charge in [0.2, 0.25) is 0 Å². The average molecular weight is 183 g/mol. The zero-order valence-electron chi connectivity index (χ0n) is 9.55. The van der Waals surface area contributed by atoms with Crippen molar-refractivity contribution in [3.05, 3.63) is 0 Å². The van der Waals surface area contributed by atoms with Crippen LogP contribution in [-0.2, 0) is 0 Å². The van der Waals surface area contributed by atoms with Crippen LogP contribution in [0.4, 0.5) is 0 Å². The van der Waals surface area contributed by atoms with Gasteiger partial charge in [-0.05, 0) is 37.8 Å². The monoisotopic (exact) mass is 183 g/mol. The van der Waals surface area contributed by atoms with Gasteiger partial charge in [-0.2, -0.15) is 0 Å². The first kappa shape index (κ1) is 11.0. The van der Waals surface area contributed by atoms with E-state index in [9.17, 15) is 0 Å². The van der Waals surface area contributed by atoms with Crippen molar-refractivity contribution < 1.29 is 0 Å². The highest BCUT2D eigenvalue weighted by atomic mass is 15.1. The van der Waals surface area contributed by atoms with Crippen LogP contribution >= 0.6 is 0 Å². The lowest BCUT2D eigenvalue weighted by molar-refractivity contribution is 0.123. The van der Waals surface area contributed by atoms with Gasteiger partial charge < -0.3 is 4.90 Å². The Morgan fingerprint density at radius 1 is 1.23 bits per heavy atom. The molecule has 2 atom stereocenters. The van der Waals surface area contributed by atoms with Crippen molar-refractivity contribution >= 4 is 0 Å². The summed E-state index contributed by atoms with van der Waals surface area (Å²) in [6, 6.07) is 0. The molecule has 1 nitrogen and oxygen atoms in total. The summed E-state index contributed by atoms with van der Waals surface area (Å²) >= 11 is 0. The third-order valence-corrected chi connectivity index (χ3v) is 3.37. The van der Waals surface area contributed by atoms with Crippen LogP contribution in [0.5, 0.6) is 0 Å². The number of rotatable bonds is 4. The molecule has 1 fully saturated rings. The molecule has 0 aromatic rings. The molecule has 1 aliphatic rings. The van der Waals surface area contributed by atoms with Gasteiger partial charge in [-0.1, -0.05) is 33.6 Å². The molecule has 13 heavy (non-hydrogen) atoms. The van der Waals surface area contributed by atoms with Gasteiger partial charge in [-0.25, -0.2) is 0 Å². The Morgan fingerprint density at radius 2 is 2.00 bits per heavy atom. The molecule has 0 radical (unpaired) electrons. The zero-order valence-corrected chi connectivity index (χ0v) is 9.55. The molecular formula is C12H25N. The highest BCUT2D eigenvalue weighted by Gasteiger charge is 2.24. The molecule has 0 saturated carbocycles. The predicted octanol–water partition coefficient (Wildman–Crippen LogP) is 3.15. The first-order valence-electron chi connectivity index (χ1n) is 6.00. The van der Waals surface area contributed by atoms with E-state index < -0.39 is 0 Å². The van der Waals surface area contributed by atoms with Gasteiger partial charge in [0.05, 0.1) is 0 Å². The summed E-state index contributed by atoms with van der Waals surface area (Å²) in [6.07, 6.45) is 5.56. The topological polar surface area (TPSA) is 3.24 Å². The third-order valence-electron chi connectivity index (χ3n) is 3.37. The Kier molecular flexibility index (Phi) is 4.79. The first-order chi connectivity index (χ1) is 6.27. The molecule has 0 aromatic heterocycles.